The molecule has 0 saturated heterocycles. The molecular formula is C11H10Br2O4. The van der Waals surface area contributed by atoms with E-state index in [2.05, 4.69) is 41.3 Å². The van der Waals surface area contributed by atoms with E-state index < -0.39 is 16.8 Å². The molecule has 0 radical (unpaired) electrons. The molecule has 0 heterocycles. The lowest BCUT2D eigenvalue weighted by Gasteiger charge is -2.12. The summed E-state index contributed by atoms with van der Waals surface area (Å²) in [5.41, 5.74) is 0.820. The number of methoxy groups -OCH3 is 2. The first-order valence-corrected chi connectivity index (χ1v) is 6.31. The highest BCUT2D eigenvalue weighted by Gasteiger charge is 2.24. The second-order valence-electron chi connectivity index (χ2n) is 3.11. The molecule has 0 amide bonds. The van der Waals surface area contributed by atoms with E-state index in [0.717, 1.165) is 4.47 Å². The number of carbonyl (C=O) groups excluding carboxylic acids is 2. The van der Waals surface area contributed by atoms with Gasteiger partial charge in [-0.1, -0.05) is 37.9 Å². The monoisotopic (exact) mass is 364 g/mol. The average molecular weight is 366 g/mol. The van der Waals surface area contributed by atoms with Crippen molar-refractivity contribution in [2.45, 2.75) is 4.83 Å². The summed E-state index contributed by atoms with van der Waals surface area (Å²) in [6.07, 6.45) is 0. The number of carbonyl (C=O) groups is 2. The van der Waals surface area contributed by atoms with Crippen LogP contribution in [-0.4, -0.2) is 26.2 Å². The van der Waals surface area contributed by atoms with Gasteiger partial charge < -0.3 is 9.47 Å². The van der Waals surface area contributed by atoms with Crippen LogP contribution < -0.4 is 0 Å². The lowest BCUT2D eigenvalue weighted by Crippen LogP contribution is -2.13. The van der Waals surface area contributed by atoms with Crippen molar-refractivity contribution in [3.05, 3.63) is 33.8 Å². The zero-order chi connectivity index (χ0) is 13.0. The van der Waals surface area contributed by atoms with Gasteiger partial charge in [-0.25, -0.2) is 4.79 Å². The molecule has 92 valence electrons. The Kier molecular flexibility index (Phi) is 5.14. The van der Waals surface area contributed by atoms with Gasteiger partial charge in [0.25, 0.3) is 0 Å². The van der Waals surface area contributed by atoms with Crippen molar-refractivity contribution >= 4 is 43.8 Å². The van der Waals surface area contributed by atoms with Crippen LogP contribution in [0.2, 0.25) is 0 Å². The molecule has 1 aromatic rings. The molecule has 1 rings (SSSR count). The van der Waals surface area contributed by atoms with Gasteiger partial charge in [-0.05, 0) is 17.7 Å². The van der Waals surface area contributed by atoms with Gasteiger partial charge in [-0.15, -0.1) is 0 Å². The summed E-state index contributed by atoms with van der Waals surface area (Å²) in [4.78, 5) is 22.3. The fraction of sp³-hybridized carbons (Fsp3) is 0.273. The summed E-state index contributed by atoms with van der Waals surface area (Å²) in [6.45, 7) is 0. The third kappa shape index (κ3) is 3.29. The number of alkyl halides is 1. The molecule has 0 fully saturated rings. The second kappa shape index (κ2) is 6.16. The van der Waals surface area contributed by atoms with Gasteiger partial charge >= 0.3 is 11.9 Å². The van der Waals surface area contributed by atoms with Gasteiger partial charge in [-0.3, -0.25) is 4.79 Å². The predicted molar refractivity (Wildman–Crippen MR) is 69.2 cm³/mol. The molecule has 6 heteroatoms. The molecule has 0 N–H and O–H groups in total. The fourth-order valence-corrected chi connectivity index (χ4v) is 2.21. The number of hydrogen-bond acceptors (Lipinski definition) is 4. The Morgan fingerprint density at radius 3 is 2.41 bits per heavy atom. The molecule has 0 aromatic heterocycles. The Balaban J connectivity index is 3.23. The van der Waals surface area contributed by atoms with Crippen LogP contribution in [0.15, 0.2) is 22.7 Å². The van der Waals surface area contributed by atoms with Crippen molar-refractivity contribution in [3.63, 3.8) is 0 Å². The van der Waals surface area contributed by atoms with E-state index in [1.807, 2.05) is 0 Å². The van der Waals surface area contributed by atoms with Crippen molar-refractivity contribution < 1.29 is 19.1 Å². The van der Waals surface area contributed by atoms with Crippen molar-refractivity contribution in [2.24, 2.45) is 0 Å². The van der Waals surface area contributed by atoms with E-state index in [1.54, 1.807) is 18.2 Å². The Labute approximate surface area is 116 Å². The maximum Gasteiger partial charge on any atom is 0.338 e. The lowest BCUT2D eigenvalue weighted by atomic mass is 10.0. The highest BCUT2D eigenvalue weighted by molar-refractivity contribution is 9.10. The molecule has 0 bridgehead atoms. The average Bonchev–Trinajstić information content (AvgIpc) is 2.35. The van der Waals surface area contributed by atoms with E-state index in [4.69, 9.17) is 0 Å². The van der Waals surface area contributed by atoms with E-state index in [1.165, 1.54) is 14.2 Å². The summed E-state index contributed by atoms with van der Waals surface area (Å²) < 4.78 is 10.0. The van der Waals surface area contributed by atoms with Crippen LogP contribution in [0.5, 0.6) is 0 Å². The number of rotatable bonds is 3. The maximum atomic E-state index is 11.6. The first-order chi connectivity index (χ1) is 8.01. The first kappa shape index (κ1) is 14.2. The fourth-order valence-electron chi connectivity index (χ4n) is 1.27. The zero-order valence-electron chi connectivity index (χ0n) is 9.20. The minimum absolute atomic E-state index is 0.314. The van der Waals surface area contributed by atoms with E-state index in [9.17, 15) is 9.59 Å². The number of halogens is 2. The Morgan fingerprint density at radius 1 is 1.24 bits per heavy atom. The van der Waals surface area contributed by atoms with Gasteiger partial charge in [0, 0.05) is 4.47 Å². The summed E-state index contributed by atoms with van der Waals surface area (Å²) in [7, 11) is 2.57. The third-order valence-electron chi connectivity index (χ3n) is 2.10. The largest absolute Gasteiger partial charge is 0.468 e. The summed E-state index contributed by atoms with van der Waals surface area (Å²) in [6, 6.07) is 4.99. The SMILES string of the molecule is COC(=O)c1cc(Br)ccc1C(Br)C(=O)OC. The molecule has 1 atom stereocenters. The molecule has 0 spiro atoms. The molecule has 0 aliphatic rings. The van der Waals surface area contributed by atoms with Gasteiger partial charge in [0.2, 0.25) is 0 Å². The van der Waals surface area contributed by atoms with Crippen molar-refractivity contribution in [2.75, 3.05) is 14.2 Å². The van der Waals surface area contributed by atoms with Crippen LogP contribution in [0.4, 0.5) is 0 Å². The van der Waals surface area contributed by atoms with Gasteiger partial charge in [0.15, 0.2) is 0 Å². The summed E-state index contributed by atoms with van der Waals surface area (Å²) in [5.74, 6) is -0.980. The molecular weight excluding hydrogens is 356 g/mol. The first-order valence-electron chi connectivity index (χ1n) is 4.61. The maximum absolute atomic E-state index is 11.6. The van der Waals surface area contributed by atoms with Crippen LogP contribution in [0.1, 0.15) is 20.7 Å². The number of ether oxygens (including phenoxy) is 2. The standard InChI is InChI=1S/C11H10Br2O4/c1-16-10(14)8-5-6(12)3-4-7(8)9(13)11(15)17-2/h3-5,9H,1-2H3. The van der Waals surface area contributed by atoms with Gasteiger partial charge in [-0.2, -0.15) is 0 Å². The molecule has 17 heavy (non-hydrogen) atoms. The Morgan fingerprint density at radius 2 is 1.88 bits per heavy atom. The number of esters is 2. The van der Waals surface area contributed by atoms with Crippen LogP contribution >= 0.6 is 31.9 Å². The molecule has 1 aromatic carbocycles. The Bertz CT molecular complexity index is 445. The normalized spacial score (nSPS) is 11.8. The lowest BCUT2D eigenvalue weighted by molar-refractivity contribution is -0.139. The molecule has 0 aliphatic carbocycles. The highest BCUT2D eigenvalue weighted by Crippen LogP contribution is 2.29. The molecule has 1 unspecified atom stereocenters. The summed E-state index contributed by atoms with van der Waals surface area (Å²) in [5, 5.41) is 0. The topological polar surface area (TPSA) is 52.6 Å². The van der Waals surface area contributed by atoms with Crippen LogP contribution in [0, 0.1) is 0 Å². The third-order valence-corrected chi connectivity index (χ3v) is 3.46. The zero-order valence-corrected chi connectivity index (χ0v) is 12.4. The van der Waals surface area contributed by atoms with Crippen molar-refractivity contribution in [3.8, 4) is 0 Å². The van der Waals surface area contributed by atoms with E-state index in [0.29, 0.717) is 11.1 Å². The van der Waals surface area contributed by atoms with E-state index in [-0.39, 0.29) is 0 Å². The van der Waals surface area contributed by atoms with Gasteiger partial charge in [0.1, 0.15) is 4.83 Å². The van der Waals surface area contributed by atoms with Crippen LogP contribution in [-0.2, 0) is 14.3 Å². The van der Waals surface area contributed by atoms with Crippen molar-refractivity contribution in [1.82, 2.24) is 0 Å². The van der Waals surface area contributed by atoms with Crippen molar-refractivity contribution in [1.29, 1.82) is 0 Å². The second-order valence-corrected chi connectivity index (χ2v) is 4.94. The predicted octanol–water partition coefficient (Wildman–Crippen LogP) is 2.84. The smallest absolute Gasteiger partial charge is 0.338 e. The van der Waals surface area contributed by atoms with E-state index >= 15 is 0 Å². The Hall–Kier alpha value is -0.880. The minimum atomic E-state index is -0.699. The molecule has 0 aliphatic heterocycles. The summed E-state index contributed by atoms with van der Waals surface area (Å²) >= 11 is 6.44. The van der Waals surface area contributed by atoms with Gasteiger partial charge in [0.05, 0.1) is 19.8 Å². The minimum Gasteiger partial charge on any atom is -0.468 e. The number of hydrogen-bond donors (Lipinski definition) is 0. The molecule has 4 nitrogen and oxygen atoms in total. The molecule has 0 saturated carbocycles. The highest BCUT2D eigenvalue weighted by atomic mass is 79.9. The van der Waals surface area contributed by atoms with Crippen LogP contribution in [0.25, 0.3) is 0 Å². The van der Waals surface area contributed by atoms with Crippen LogP contribution in [0.3, 0.4) is 0 Å². The number of benzene rings is 1. The quantitative estimate of drug-likeness (QED) is 0.610.